The van der Waals surface area contributed by atoms with Crippen molar-refractivity contribution in [1.82, 2.24) is 14.4 Å². The molecule has 2 heterocycles. The molecule has 9 heteroatoms. The van der Waals surface area contributed by atoms with Crippen LogP contribution in [-0.4, -0.2) is 20.4 Å². The van der Waals surface area contributed by atoms with Gasteiger partial charge in [-0.15, -0.1) is 0 Å². The Kier molecular flexibility index (Phi) is 4.63. The molecule has 0 saturated heterocycles. The minimum absolute atomic E-state index is 0.0474. The van der Waals surface area contributed by atoms with Gasteiger partial charge >= 0.3 is 12.2 Å². The Hall–Kier alpha value is -3.88. The number of anilines is 2. The molecule has 0 saturated carbocycles. The van der Waals surface area contributed by atoms with Crippen LogP contribution in [0.25, 0.3) is 17.0 Å². The van der Waals surface area contributed by atoms with Crippen molar-refractivity contribution in [2.45, 2.75) is 6.18 Å². The molecule has 2 aromatic carbocycles. The minimum atomic E-state index is -4.47. The Bertz CT molecular complexity index is 1140. The highest BCUT2D eigenvalue weighted by Crippen LogP contribution is 2.30. The Balaban J connectivity index is 1.44. The first kappa shape index (κ1) is 18.5. The number of hydrogen-bond acceptors (Lipinski definition) is 3. The number of fused-ring (bicyclic) bond motifs is 1. The van der Waals surface area contributed by atoms with E-state index in [0.29, 0.717) is 11.5 Å². The van der Waals surface area contributed by atoms with E-state index in [2.05, 4.69) is 20.6 Å². The molecule has 0 aliphatic carbocycles. The highest BCUT2D eigenvalue weighted by atomic mass is 19.4. The second-order valence-electron chi connectivity index (χ2n) is 6.19. The third-order valence-electron chi connectivity index (χ3n) is 4.12. The van der Waals surface area contributed by atoms with Crippen LogP contribution in [0.3, 0.4) is 0 Å². The van der Waals surface area contributed by atoms with Gasteiger partial charge in [-0.25, -0.2) is 14.8 Å². The van der Waals surface area contributed by atoms with Crippen molar-refractivity contribution in [2.24, 2.45) is 0 Å². The molecule has 29 heavy (non-hydrogen) atoms. The number of nitrogens with zero attached hydrogens (tertiary/aromatic N) is 3. The topological polar surface area (TPSA) is 71.3 Å². The third-order valence-corrected chi connectivity index (χ3v) is 4.12. The number of imidazole rings is 1. The lowest BCUT2D eigenvalue weighted by Gasteiger charge is -2.11. The number of alkyl halides is 3. The van der Waals surface area contributed by atoms with Gasteiger partial charge in [0.25, 0.3) is 0 Å². The van der Waals surface area contributed by atoms with Crippen molar-refractivity contribution in [1.29, 1.82) is 0 Å². The van der Waals surface area contributed by atoms with E-state index < -0.39 is 17.8 Å². The van der Waals surface area contributed by atoms with Crippen LogP contribution in [0.2, 0.25) is 0 Å². The van der Waals surface area contributed by atoms with E-state index in [1.807, 2.05) is 12.4 Å². The molecule has 0 atom stereocenters. The third kappa shape index (κ3) is 4.18. The molecule has 146 valence electrons. The number of halogens is 3. The molecule has 0 unspecified atom stereocenters. The average molecular weight is 397 g/mol. The van der Waals surface area contributed by atoms with Gasteiger partial charge in [-0.3, -0.25) is 4.40 Å². The molecule has 2 aromatic heterocycles. The predicted octanol–water partition coefficient (Wildman–Crippen LogP) is 5.06. The van der Waals surface area contributed by atoms with Crippen LogP contribution in [-0.2, 0) is 6.18 Å². The summed E-state index contributed by atoms with van der Waals surface area (Å²) in [5.74, 6) is 0.574. The fraction of sp³-hybridized carbons (Fsp3) is 0.0500. The maximum atomic E-state index is 12.8. The largest absolute Gasteiger partial charge is 0.416 e. The van der Waals surface area contributed by atoms with Gasteiger partial charge < -0.3 is 10.6 Å². The second kappa shape index (κ2) is 7.27. The van der Waals surface area contributed by atoms with E-state index >= 15 is 0 Å². The van der Waals surface area contributed by atoms with Crippen LogP contribution in [0.15, 0.2) is 73.2 Å². The smallest absolute Gasteiger partial charge is 0.308 e. The molecule has 0 radical (unpaired) electrons. The summed E-state index contributed by atoms with van der Waals surface area (Å²) in [6.45, 7) is 0. The predicted molar refractivity (Wildman–Crippen MR) is 103 cm³/mol. The lowest BCUT2D eigenvalue weighted by Crippen LogP contribution is -2.19. The van der Waals surface area contributed by atoms with E-state index in [1.54, 1.807) is 40.9 Å². The van der Waals surface area contributed by atoms with Gasteiger partial charge in [0.15, 0.2) is 0 Å². The standard InChI is InChI=1S/C20H14F3N5O/c21-20(22,23)14-3-1-4-16(11-14)26-19(29)25-15-7-5-13(6-8-15)17-12-28-10-2-9-24-18(28)27-17/h1-12H,(H2,25,26,29). The van der Waals surface area contributed by atoms with Crippen LogP contribution in [0.1, 0.15) is 5.56 Å². The van der Waals surface area contributed by atoms with E-state index in [-0.39, 0.29) is 5.69 Å². The Morgan fingerprint density at radius 3 is 2.45 bits per heavy atom. The average Bonchev–Trinajstić information content (AvgIpc) is 3.12. The molecule has 4 rings (SSSR count). The first-order chi connectivity index (χ1) is 13.9. The summed E-state index contributed by atoms with van der Waals surface area (Å²) < 4.78 is 40.1. The van der Waals surface area contributed by atoms with Gasteiger partial charge in [-0.2, -0.15) is 13.2 Å². The normalized spacial score (nSPS) is 11.4. The number of amides is 2. The molecule has 0 spiro atoms. The molecular formula is C20H14F3N5O. The van der Waals surface area contributed by atoms with Gasteiger partial charge in [0.05, 0.1) is 11.3 Å². The first-order valence-electron chi connectivity index (χ1n) is 8.54. The quantitative estimate of drug-likeness (QED) is 0.508. The number of rotatable bonds is 3. The molecule has 4 aromatic rings. The van der Waals surface area contributed by atoms with Gasteiger partial charge in [-0.05, 0) is 36.4 Å². The Morgan fingerprint density at radius 1 is 0.966 bits per heavy atom. The molecule has 0 aliphatic heterocycles. The van der Waals surface area contributed by atoms with Crippen molar-refractivity contribution >= 4 is 23.2 Å². The molecule has 2 amide bonds. The lowest BCUT2D eigenvalue weighted by molar-refractivity contribution is -0.137. The summed E-state index contributed by atoms with van der Waals surface area (Å²) >= 11 is 0. The minimum Gasteiger partial charge on any atom is -0.308 e. The number of hydrogen-bond donors (Lipinski definition) is 2. The number of carbonyl (C=O) groups excluding carboxylic acids is 1. The number of carbonyl (C=O) groups is 1. The van der Waals surface area contributed by atoms with Crippen LogP contribution < -0.4 is 10.6 Å². The number of nitrogens with one attached hydrogen (secondary N) is 2. The zero-order chi connectivity index (χ0) is 20.4. The van der Waals surface area contributed by atoms with Crippen molar-refractivity contribution in [3.05, 3.63) is 78.8 Å². The fourth-order valence-corrected chi connectivity index (χ4v) is 2.76. The SMILES string of the molecule is O=C(Nc1ccc(-c2cn3cccnc3n2)cc1)Nc1cccc(C(F)(F)F)c1. The van der Waals surface area contributed by atoms with Crippen LogP contribution in [0.4, 0.5) is 29.3 Å². The van der Waals surface area contributed by atoms with Gasteiger partial charge in [0.2, 0.25) is 5.78 Å². The summed E-state index contributed by atoms with van der Waals surface area (Å²) in [7, 11) is 0. The van der Waals surface area contributed by atoms with Crippen molar-refractivity contribution in [3.63, 3.8) is 0 Å². The Morgan fingerprint density at radius 2 is 1.72 bits per heavy atom. The molecule has 0 aliphatic rings. The maximum Gasteiger partial charge on any atom is 0.416 e. The molecule has 2 N–H and O–H groups in total. The highest BCUT2D eigenvalue weighted by Gasteiger charge is 2.30. The van der Waals surface area contributed by atoms with E-state index in [0.717, 1.165) is 23.4 Å². The zero-order valence-corrected chi connectivity index (χ0v) is 14.8. The zero-order valence-electron chi connectivity index (χ0n) is 14.8. The lowest BCUT2D eigenvalue weighted by atomic mass is 10.1. The van der Waals surface area contributed by atoms with E-state index in [9.17, 15) is 18.0 Å². The van der Waals surface area contributed by atoms with E-state index in [1.165, 1.54) is 12.1 Å². The summed E-state index contributed by atoms with van der Waals surface area (Å²) in [4.78, 5) is 20.7. The number of aromatic nitrogens is 3. The molecule has 0 bridgehead atoms. The van der Waals surface area contributed by atoms with Crippen molar-refractivity contribution < 1.29 is 18.0 Å². The van der Waals surface area contributed by atoms with Crippen LogP contribution >= 0.6 is 0 Å². The molecule has 0 fully saturated rings. The molecular weight excluding hydrogens is 383 g/mol. The number of urea groups is 1. The summed E-state index contributed by atoms with van der Waals surface area (Å²) in [5.41, 5.74) is 1.26. The van der Waals surface area contributed by atoms with E-state index in [4.69, 9.17) is 0 Å². The van der Waals surface area contributed by atoms with Crippen LogP contribution in [0, 0.1) is 0 Å². The van der Waals surface area contributed by atoms with Gasteiger partial charge in [0.1, 0.15) is 0 Å². The monoisotopic (exact) mass is 397 g/mol. The maximum absolute atomic E-state index is 12.8. The van der Waals surface area contributed by atoms with Crippen LogP contribution in [0.5, 0.6) is 0 Å². The summed E-state index contributed by atoms with van der Waals surface area (Å²) in [6.07, 6.45) is 0.859. The highest BCUT2D eigenvalue weighted by molar-refractivity contribution is 5.99. The first-order valence-corrected chi connectivity index (χ1v) is 8.54. The van der Waals surface area contributed by atoms with Crippen molar-refractivity contribution in [3.8, 4) is 11.3 Å². The fourth-order valence-electron chi connectivity index (χ4n) is 2.76. The Labute approximate surface area is 163 Å². The van der Waals surface area contributed by atoms with Gasteiger partial charge in [0, 0.05) is 35.5 Å². The number of benzene rings is 2. The summed E-state index contributed by atoms with van der Waals surface area (Å²) in [6, 6.07) is 12.5. The van der Waals surface area contributed by atoms with Gasteiger partial charge in [-0.1, -0.05) is 18.2 Å². The second-order valence-corrected chi connectivity index (χ2v) is 6.19. The molecule has 6 nitrogen and oxygen atoms in total. The van der Waals surface area contributed by atoms with Crippen molar-refractivity contribution in [2.75, 3.05) is 10.6 Å². The summed E-state index contributed by atoms with van der Waals surface area (Å²) in [5, 5.41) is 4.98.